The summed E-state index contributed by atoms with van der Waals surface area (Å²) < 4.78 is 0. The molecule has 32 valence electrons. The normalized spacial score (nSPS) is 3.57. The summed E-state index contributed by atoms with van der Waals surface area (Å²) in [7, 11) is 0. The maximum absolute atomic E-state index is 8.89. The zero-order chi connectivity index (χ0) is 3.58. The minimum atomic E-state index is -1.08. The van der Waals surface area contributed by atoms with Crippen LogP contribution in [0.25, 0.3) is 0 Å². The number of carboxylic acids is 1. The molecule has 0 aromatic heterocycles. The number of carbonyl (C=O) groups is 1. The molecule has 0 bridgehead atoms. The van der Waals surface area contributed by atoms with Gasteiger partial charge in [0.2, 0.25) is 0 Å². The van der Waals surface area contributed by atoms with Gasteiger partial charge in [0.15, 0.2) is 0 Å². The van der Waals surface area contributed by atoms with E-state index >= 15 is 0 Å². The molecule has 0 atom stereocenters. The molecule has 5 heteroatoms. The number of carboxylic acid groups (broad SMARTS) is 1. The van der Waals surface area contributed by atoms with Crippen LogP contribution in [0.1, 0.15) is 12.6 Å². The minimum Gasteiger partial charge on any atom is -1.00 e. The third-order valence-corrected chi connectivity index (χ3v) is 0. The van der Waals surface area contributed by atoms with Gasteiger partial charge in [-0.25, -0.2) is 0 Å². The summed E-state index contributed by atoms with van der Waals surface area (Å²) in [6.07, 6.45) is 0. The van der Waals surface area contributed by atoms with E-state index in [0.717, 1.165) is 6.92 Å². The first kappa shape index (κ1) is 22.5. The summed E-state index contributed by atoms with van der Waals surface area (Å²) in [4.78, 5) is 8.89. The molecule has 0 saturated carbocycles. The van der Waals surface area contributed by atoms with Crippen LogP contribution in [0, 0.1) is 0 Å². The Labute approximate surface area is 137 Å². The van der Waals surface area contributed by atoms with Crippen LogP contribution in [0.3, 0.4) is 0 Å². The second-order valence-electron chi connectivity index (χ2n) is 0.492. The molecule has 0 amide bonds. The molecular weight excluding hydrogens is 160 g/mol. The minimum absolute atomic E-state index is 0. The molecule has 7 heavy (non-hydrogen) atoms. The van der Waals surface area contributed by atoms with Crippen molar-refractivity contribution in [3.63, 3.8) is 0 Å². The first-order chi connectivity index (χ1) is 1.73. The third kappa shape index (κ3) is 47.3. The first-order valence-electron chi connectivity index (χ1n) is 0.908. The van der Waals surface area contributed by atoms with Gasteiger partial charge in [-0.2, -0.15) is 0 Å². The second-order valence-corrected chi connectivity index (χ2v) is 0.492. The molecule has 0 unspecified atom stereocenters. The van der Waals surface area contributed by atoms with E-state index in [1.54, 1.807) is 0 Å². The summed E-state index contributed by atoms with van der Waals surface area (Å²) in [6.45, 7) is 0.972. The molecule has 0 N–H and O–H groups in total. The molecule has 0 radical (unpaired) electrons. The maximum Gasteiger partial charge on any atom is 2.00 e. The van der Waals surface area contributed by atoms with Gasteiger partial charge in [-0.1, -0.05) is 0 Å². The first-order valence-corrected chi connectivity index (χ1v) is 0.908. The topological polar surface area (TPSA) is 40.1 Å². The average molecular weight is 167 g/mol. The predicted octanol–water partition coefficient (Wildman–Crippen LogP) is -4.55. The standard InChI is InChI=1S/C2H4O2.Ca.K.Mg.4H/c1-2(3)4;;;;;;;/h1H3,(H,3,4);;;;;;;/q;+2;+1;+2;4*-1/p-1. The van der Waals surface area contributed by atoms with Crippen LogP contribution >= 0.6 is 0 Å². The number of carbonyl (C=O) groups excluding carboxylic acids is 1. The second kappa shape index (κ2) is 16.1. The van der Waals surface area contributed by atoms with Crippen LogP contribution in [0.2, 0.25) is 0 Å². The van der Waals surface area contributed by atoms with E-state index in [2.05, 4.69) is 0 Å². The number of hydrogen-bond acceptors (Lipinski definition) is 2. The van der Waals surface area contributed by atoms with Gasteiger partial charge < -0.3 is 15.6 Å². The molecule has 0 aliphatic heterocycles. The number of rotatable bonds is 0. The van der Waals surface area contributed by atoms with Crippen molar-refractivity contribution >= 4 is 66.8 Å². The van der Waals surface area contributed by atoms with E-state index in [0.29, 0.717) is 0 Å². The average Bonchev–Trinajstić information content (AvgIpc) is 0.811. The van der Waals surface area contributed by atoms with E-state index < -0.39 is 5.97 Å². The number of hydrogen-bond donors (Lipinski definition) is 0. The van der Waals surface area contributed by atoms with Crippen molar-refractivity contribution in [2.45, 2.75) is 6.92 Å². The Morgan fingerprint density at radius 2 is 1.71 bits per heavy atom. The Morgan fingerprint density at radius 1 is 1.71 bits per heavy atom. The molecule has 0 rings (SSSR count). The largest absolute Gasteiger partial charge is 2.00 e. The Balaban J connectivity index is -0.00000000214. The fourth-order valence-corrected chi connectivity index (χ4v) is 0. The van der Waals surface area contributed by atoms with Crippen molar-refractivity contribution in [1.29, 1.82) is 0 Å². The van der Waals surface area contributed by atoms with Crippen LogP contribution in [0.15, 0.2) is 0 Å². The molecule has 2 nitrogen and oxygen atoms in total. The predicted molar refractivity (Wildman–Crippen MR) is 26.6 cm³/mol. The molecule has 0 aliphatic carbocycles. The van der Waals surface area contributed by atoms with Gasteiger partial charge in [0, 0.05) is 5.97 Å². The van der Waals surface area contributed by atoms with Gasteiger partial charge in [-0.05, 0) is 6.92 Å². The quantitative estimate of drug-likeness (QED) is 0.340. The van der Waals surface area contributed by atoms with Crippen LogP contribution in [-0.2, 0) is 4.79 Å². The Kier molecular flexibility index (Phi) is 51.6. The molecule has 0 heterocycles. The van der Waals surface area contributed by atoms with Crippen LogP contribution in [0.5, 0.6) is 0 Å². The van der Waals surface area contributed by atoms with E-state index in [1.165, 1.54) is 0 Å². The SMILES string of the molecule is CC(=O)[O-].[Ca+2].[H-].[H-].[H-].[H-].[K+].[Mg+2]. The van der Waals surface area contributed by atoms with Gasteiger partial charge in [-0.15, -0.1) is 0 Å². The maximum atomic E-state index is 8.89. The van der Waals surface area contributed by atoms with Gasteiger partial charge in [0.05, 0.1) is 0 Å². The van der Waals surface area contributed by atoms with Gasteiger partial charge in [0.1, 0.15) is 0 Å². The molecule has 0 aliphatic rings. The zero-order valence-electron chi connectivity index (χ0n) is 8.73. The summed E-state index contributed by atoms with van der Waals surface area (Å²) in [5.41, 5.74) is 0. The molecular formula is C2H7CaKMgO2. The van der Waals surface area contributed by atoms with Gasteiger partial charge >= 0.3 is 112 Å². The summed E-state index contributed by atoms with van der Waals surface area (Å²) >= 11 is 0. The van der Waals surface area contributed by atoms with Crippen molar-refractivity contribution in [1.82, 2.24) is 0 Å². The van der Waals surface area contributed by atoms with Crippen LogP contribution < -0.4 is 56.5 Å². The molecule has 0 saturated heterocycles. The Bertz CT molecular complexity index is 49.1. The molecule has 0 spiro atoms. The summed E-state index contributed by atoms with van der Waals surface area (Å²) in [6, 6.07) is 0. The van der Waals surface area contributed by atoms with Crippen molar-refractivity contribution < 1.29 is 67.0 Å². The van der Waals surface area contributed by atoms with Crippen LogP contribution in [0.4, 0.5) is 0 Å². The van der Waals surface area contributed by atoms with E-state index in [-0.39, 0.29) is 118 Å². The zero-order valence-corrected chi connectivity index (χ0v) is 11.5. The fourth-order valence-electron chi connectivity index (χ4n) is 0. The number of aliphatic carboxylic acids is 1. The van der Waals surface area contributed by atoms with Crippen molar-refractivity contribution in [2.24, 2.45) is 0 Å². The fraction of sp³-hybridized carbons (Fsp3) is 0.500. The molecule has 0 aromatic carbocycles. The Hall–Kier alpha value is 3.13. The van der Waals surface area contributed by atoms with Crippen molar-refractivity contribution in [2.75, 3.05) is 0 Å². The monoisotopic (exact) mass is 166 g/mol. The summed E-state index contributed by atoms with van der Waals surface area (Å²) in [5, 5.41) is 8.89. The van der Waals surface area contributed by atoms with Crippen LogP contribution in [-0.4, -0.2) is 66.8 Å². The Morgan fingerprint density at radius 3 is 1.71 bits per heavy atom. The van der Waals surface area contributed by atoms with Gasteiger partial charge in [0.25, 0.3) is 0 Å². The smallest absolute Gasteiger partial charge is 1.00 e. The van der Waals surface area contributed by atoms with Crippen molar-refractivity contribution in [3.05, 3.63) is 0 Å². The van der Waals surface area contributed by atoms with Gasteiger partial charge in [-0.3, -0.25) is 0 Å². The van der Waals surface area contributed by atoms with Crippen molar-refractivity contribution in [3.8, 4) is 0 Å². The van der Waals surface area contributed by atoms with E-state index in [1.807, 2.05) is 0 Å². The van der Waals surface area contributed by atoms with E-state index in [4.69, 9.17) is 9.90 Å². The molecule has 0 fully saturated rings. The third-order valence-electron chi connectivity index (χ3n) is 0. The molecule has 0 aromatic rings. The van der Waals surface area contributed by atoms with E-state index in [9.17, 15) is 0 Å². The summed E-state index contributed by atoms with van der Waals surface area (Å²) in [5.74, 6) is -1.08.